The Hall–Kier alpha value is -1.32. The Morgan fingerprint density at radius 2 is 1.90 bits per heavy atom. The van der Waals surface area contributed by atoms with Crippen LogP contribution in [0.25, 0.3) is 0 Å². The zero-order chi connectivity index (χ0) is 16.3. The third kappa shape index (κ3) is 12.2. The molecule has 0 aliphatic carbocycles. The van der Waals surface area contributed by atoms with Crippen molar-refractivity contribution in [3.63, 3.8) is 0 Å². The molecule has 0 rings (SSSR count). The molecule has 0 saturated heterocycles. The number of Topliss-reactive ketones (excluding diaryl/α,β-unsaturated/α-hetero) is 1. The number of amides is 1. The van der Waals surface area contributed by atoms with Crippen LogP contribution in [0.15, 0.2) is 12.7 Å². The second-order valence-electron chi connectivity index (χ2n) is 6.39. The van der Waals surface area contributed by atoms with E-state index in [2.05, 4.69) is 18.8 Å². The molecule has 0 saturated carbocycles. The van der Waals surface area contributed by atoms with E-state index in [1.807, 2.05) is 20.8 Å². The summed E-state index contributed by atoms with van der Waals surface area (Å²) in [5, 5.41) is 2.89. The van der Waals surface area contributed by atoms with Crippen molar-refractivity contribution in [2.24, 2.45) is 0 Å². The molecule has 0 heterocycles. The molecule has 0 aromatic carbocycles. The van der Waals surface area contributed by atoms with Gasteiger partial charge in [0.2, 0.25) is 0 Å². The summed E-state index contributed by atoms with van der Waals surface area (Å²) in [5.41, 5.74) is -0.501. The van der Waals surface area contributed by atoms with Gasteiger partial charge in [0.1, 0.15) is 11.4 Å². The molecule has 0 spiro atoms. The monoisotopic (exact) mass is 297 g/mol. The molecule has 0 aliphatic rings. The van der Waals surface area contributed by atoms with Crippen LogP contribution in [0.1, 0.15) is 72.6 Å². The second kappa shape index (κ2) is 10.4. The molecule has 1 atom stereocenters. The number of ketones is 1. The third-order valence-corrected chi connectivity index (χ3v) is 3.03. The van der Waals surface area contributed by atoms with Gasteiger partial charge in [-0.15, -0.1) is 6.58 Å². The molecular weight excluding hydrogens is 266 g/mol. The van der Waals surface area contributed by atoms with Crippen molar-refractivity contribution >= 4 is 11.9 Å². The Labute approximate surface area is 129 Å². The summed E-state index contributed by atoms with van der Waals surface area (Å²) >= 11 is 0. The van der Waals surface area contributed by atoms with Gasteiger partial charge in [0.05, 0.1) is 0 Å². The SMILES string of the molecule is C=CCCC(=O)CC[C@@H](CCCC)NC(=O)OC(C)(C)C. The second-order valence-corrected chi connectivity index (χ2v) is 6.39. The predicted molar refractivity (Wildman–Crippen MR) is 86.4 cm³/mol. The van der Waals surface area contributed by atoms with Crippen LogP contribution in [0, 0.1) is 0 Å². The number of alkyl carbamates (subject to hydrolysis) is 1. The van der Waals surface area contributed by atoms with Gasteiger partial charge >= 0.3 is 6.09 Å². The first-order chi connectivity index (χ1) is 9.78. The average molecular weight is 297 g/mol. The molecule has 4 nitrogen and oxygen atoms in total. The van der Waals surface area contributed by atoms with E-state index in [0.717, 1.165) is 25.7 Å². The van der Waals surface area contributed by atoms with Crippen LogP contribution in [0.5, 0.6) is 0 Å². The third-order valence-electron chi connectivity index (χ3n) is 3.03. The maximum absolute atomic E-state index is 11.8. The molecular formula is C17H31NO3. The molecule has 0 aromatic heterocycles. The fraction of sp³-hybridized carbons (Fsp3) is 0.765. The van der Waals surface area contributed by atoms with Crippen molar-refractivity contribution in [3.05, 3.63) is 12.7 Å². The zero-order valence-electron chi connectivity index (χ0n) is 14.0. The lowest BCUT2D eigenvalue weighted by atomic mass is 10.0. The Kier molecular flexibility index (Phi) is 9.76. The van der Waals surface area contributed by atoms with E-state index in [9.17, 15) is 9.59 Å². The summed E-state index contributed by atoms with van der Waals surface area (Å²) in [6, 6.07) is 0.00693. The maximum atomic E-state index is 11.8. The molecule has 1 amide bonds. The Balaban J connectivity index is 4.27. The first-order valence-electron chi connectivity index (χ1n) is 7.90. The van der Waals surface area contributed by atoms with Crippen LogP contribution >= 0.6 is 0 Å². The normalized spacial score (nSPS) is 12.6. The molecule has 0 unspecified atom stereocenters. The number of ether oxygens (including phenoxy) is 1. The average Bonchev–Trinajstić information content (AvgIpc) is 2.37. The molecule has 0 bridgehead atoms. The highest BCUT2D eigenvalue weighted by molar-refractivity contribution is 5.78. The van der Waals surface area contributed by atoms with E-state index >= 15 is 0 Å². The van der Waals surface area contributed by atoms with E-state index in [1.54, 1.807) is 6.08 Å². The van der Waals surface area contributed by atoms with Gasteiger partial charge in [-0.1, -0.05) is 25.8 Å². The Morgan fingerprint density at radius 3 is 2.43 bits per heavy atom. The summed E-state index contributed by atoms with van der Waals surface area (Å²) in [4.78, 5) is 23.5. The maximum Gasteiger partial charge on any atom is 0.407 e. The van der Waals surface area contributed by atoms with Gasteiger partial charge in [-0.2, -0.15) is 0 Å². The van der Waals surface area contributed by atoms with Gasteiger partial charge < -0.3 is 10.1 Å². The summed E-state index contributed by atoms with van der Waals surface area (Å²) < 4.78 is 5.27. The highest BCUT2D eigenvalue weighted by Crippen LogP contribution is 2.12. The number of nitrogens with one attached hydrogen (secondary N) is 1. The van der Waals surface area contributed by atoms with Gasteiger partial charge in [0.25, 0.3) is 0 Å². The highest BCUT2D eigenvalue weighted by Gasteiger charge is 2.19. The number of hydrogen-bond donors (Lipinski definition) is 1. The molecule has 0 aromatic rings. The molecule has 0 aliphatic heterocycles. The number of allylic oxidation sites excluding steroid dienone is 1. The largest absolute Gasteiger partial charge is 0.444 e. The van der Waals surface area contributed by atoms with Crippen LogP contribution in [0.2, 0.25) is 0 Å². The smallest absolute Gasteiger partial charge is 0.407 e. The molecule has 4 heteroatoms. The number of carbonyl (C=O) groups excluding carboxylic acids is 2. The Bertz CT molecular complexity index is 331. The lowest BCUT2D eigenvalue weighted by Gasteiger charge is -2.23. The molecule has 122 valence electrons. The standard InChI is InChI=1S/C17H31NO3/c1-6-8-10-14(12-13-15(19)11-9-7-2)18-16(20)21-17(3,4)5/h7,14H,2,6,8-13H2,1,3-5H3,(H,18,20)/t14-/m1/s1. The number of unbranched alkanes of at least 4 members (excludes halogenated alkanes) is 1. The Morgan fingerprint density at radius 1 is 1.24 bits per heavy atom. The van der Waals surface area contributed by atoms with Crippen LogP contribution < -0.4 is 5.32 Å². The summed E-state index contributed by atoms with van der Waals surface area (Å²) in [5.74, 6) is 0.224. The van der Waals surface area contributed by atoms with E-state index in [4.69, 9.17) is 4.74 Å². The molecule has 1 N–H and O–H groups in total. The first-order valence-corrected chi connectivity index (χ1v) is 7.90. The lowest BCUT2D eigenvalue weighted by molar-refractivity contribution is -0.119. The quantitative estimate of drug-likeness (QED) is 0.609. The van der Waals surface area contributed by atoms with Crippen LogP contribution in [-0.4, -0.2) is 23.5 Å². The number of carbonyl (C=O) groups is 2. The van der Waals surface area contributed by atoms with E-state index in [-0.39, 0.29) is 11.8 Å². The fourth-order valence-electron chi connectivity index (χ4n) is 1.94. The van der Waals surface area contributed by atoms with Crippen LogP contribution in [0.4, 0.5) is 4.79 Å². The van der Waals surface area contributed by atoms with Crippen molar-refractivity contribution in [2.75, 3.05) is 0 Å². The van der Waals surface area contributed by atoms with Gasteiger partial charge in [0, 0.05) is 18.9 Å². The molecule has 21 heavy (non-hydrogen) atoms. The van der Waals surface area contributed by atoms with Crippen molar-refractivity contribution < 1.29 is 14.3 Å². The van der Waals surface area contributed by atoms with Crippen LogP contribution in [-0.2, 0) is 9.53 Å². The first kappa shape index (κ1) is 19.7. The van der Waals surface area contributed by atoms with Crippen LogP contribution in [0.3, 0.4) is 0 Å². The number of hydrogen-bond acceptors (Lipinski definition) is 3. The zero-order valence-corrected chi connectivity index (χ0v) is 14.0. The van der Waals surface area contributed by atoms with E-state index in [1.165, 1.54) is 0 Å². The van der Waals surface area contributed by atoms with E-state index in [0.29, 0.717) is 19.3 Å². The molecule has 0 radical (unpaired) electrons. The van der Waals surface area contributed by atoms with Gasteiger partial charge in [-0.25, -0.2) is 4.79 Å². The predicted octanol–water partition coefficient (Wildman–Crippen LogP) is 4.39. The lowest BCUT2D eigenvalue weighted by Crippen LogP contribution is -2.39. The fourth-order valence-corrected chi connectivity index (χ4v) is 1.94. The van der Waals surface area contributed by atoms with Crippen molar-refractivity contribution in [1.29, 1.82) is 0 Å². The van der Waals surface area contributed by atoms with E-state index < -0.39 is 11.7 Å². The summed E-state index contributed by atoms with van der Waals surface area (Å²) in [6.45, 7) is 11.2. The topological polar surface area (TPSA) is 55.4 Å². The van der Waals surface area contributed by atoms with Crippen molar-refractivity contribution in [2.45, 2.75) is 84.3 Å². The minimum atomic E-state index is -0.501. The van der Waals surface area contributed by atoms with Crippen molar-refractivity contribution in [3.8, 4) is 0 Å². The minimum Gasteiger partial charge on any atom is -0.444 e. The van der Waals surface area contributed by atoms with Gasteiger partial charge in [-0.3, -0.25) is 4.79 Å². The van der Waals surface area contributed by atoms with Gasteiger partial charge in [-0.05, 0) is 40.0 Å². The minimum absolute atomic E-state index is 0.00693. The molecule has 0 fully saturated rings. The van der Waals surface area contributed by atoms with Crippen molar-refractivity contribution in [1.82, 2.24) is 5.32 Å². The number of rotatable bonds is 10. The summed E-state index contributed by atoms with van der Waals surface area (Å²) in [7, 11) is 0. The highest BCUT2D eigenvalue weighted by atomic mass is 16.6. The van der Waals surface area contributed by atoms with Gasteiger partial charge in [0.15, 0.2) is 0 Å². The summed E-state index contributed by atoms with van der Waals surface area (Å²) in [6.07, 6.45) is 6.76.